The molecule has 2 aliphatic rings. The van der Waals surface area contributed by atoms with Crippen molar-refractivity contribution in [2.45, 2.75) is 31.8 Å². The molecule has 1 fully saturated rings. The van der Waals surface area contributed by atoms with Crippen LogP contribution in [0.25, 0.3) is 10.4 Å². The molecule has 2 aromatic heterocycles. The number of thiophene rings is 1. The minimum Gasteiger partial charge on any atom is -0.369 e. The maximum Gasteiger partial charge on any atom is 0.105 e. The van der Waals surface area contributed by atoms with Crippen LogP contribution in [0.2, 0.25) is 0 Å². The molecule has 0 bridgehead atoms. The third-order valence-corrected chi connectivity index (χ3v) is 6.07. The number of nitrogens with zero attached hydrogens (tertiary/aromatic N) is 1. The molecule has 3 nitrogen and oxygen atoms in total. The molecule has 0 amide bonds. The van der Waals surface area contributed by atoms with Crippen LogP contribution in [-0.2, 0) is 16.8 Å². The van der Waals surface area contributed by atoms with Crippen molar-refractivity contribution in [2.75, 3.05) is 19.7 Å². The number of fused-ring (bicyclic) bond motifs is 2. The lowest BCUT2D eigenvalue weighted by Crippen LogP contribution is -2.43. The van der Waals surface area contributed by atoms with Gasteiger partial charge in [-0.1, -0.05) is 0 Å². The molecule has 2 aliphatic heterocycles. The highest BCUT2D eigenvalue weighted by Crippen LogP contribution is 2.46. The summed E-state index contributed by atoms with van der Waals surface area (Å²) in [7, 11) is 0. The zero-order chi connectivity index (χ0) is 14.3. The number of aromatic nitrogens is 1. The highest BCUT2D eigenvalue weighted by Gasteiger charge is 2.40. The monoisotopic (exact) mass is 372 g/mol. The van der Waals surface area contributed by atoms with Crippen LogP contribution in [0.4, 0.5) is 0 Å². The van der Waals surface area contributed by atoms with E-state index in [1.54, 1.807) is 0 Å². The van der Waals surface area contributed by atoms with Gasteiger partial charge in [0, 0.05) is 22.1 Å². The van der Waals surface area contributed by atoms with E-state index in [0.29, 0.717) is 0 Å². The lowest BCUT2D eigenvalue weighted by Gasteiger charge is -2.40. The van der Waals surface area contributed by atoms with E-state index in [1.165, 1.54) is 26.4 Å². The molecule has 126 valence electrons. The average molecular weight is 373 g/mol. The SMILES string of the molecule is Cc1cnccc1-c1cc2c(s1)C1(CCNCC1)OCC2.Cl.Cl. The zero-order valence-electron chi connectivity index (χ0n) is 13.1. The third kappa shape index (κ3) is 3.28. The summed E-state index contributed by atoms with van der Waals surface area (Å²) in [5.74, 6) is 0. The summed E-state index contributed by atoms with van der Waals surface area (Å²) in [5, 5.41) is 3.45. The first-order chi connectivity index (χ1) is 10.3. The molecule has 0 unspecified atom stereocenters. The molecule has 0 atom stereocenters. The highest BCUT2D eigenvalue weighted by atomic mass is 35.5. The maximum absolute atomic E-state index is 6.27. The second kappa shape index (κ2) is 7.49. The molecule has 0 saturated carbocycles. The summed E-state index contributed by atoms with van der Waals surface area (Å²) in [6, 6.07) is 4.51. The van der Waals surface area contributed by atoms with Crippen molar-refractivity contribution in [3.05, 3.63) is 40.5 Å². The molecule has 0 aromatic carbocycles. The fraction of sp³-hybridized carbons (Fsp3) is 0.471. The Morgan fingerprint density at radius 2 is 2.04 bits per heavy atom. The first-order valence-corrected chi connectivity index (χ1v) is 8.49. The number of ether oxygens (including phenoxy) is 1. The van der Waals surface area contributed by atoms with Crippen molar-refractivity contribution < 1.29 is 4.74 Å². The first kappa shape index (κ1) is 18.7. The van der Waals surface area contributed by atoms with Crippen LogP contribution < -0.4 is 5.32 Å². The molecule has 2 aromatic rings. The molecular formula is C17H22Cl2N2OS. The van der Waals surface area contributed by atoms with Gasteiger partial charge in [0.15, 0.2) is 0 Å². The van der Waals surface area contributed by atoms with Crippen molar-refractivity contribution in [1.29, 1.82) is 0 Å². The van der Waals surface area contributed by atoms with Gasteiger partial charge in [-0.2, -0.15) is 0 Å². The number of hydrogen-bond acceptors (Lipinski definition) is 4. The van der Waals surface area contributed by atoms with Crippen molar-refractivity contribution in [3.8, 4) is 10.4 Å². The van der Waals surface area contributed by atoms with Gasteiger partial charge in [0.25, 0.3) is 0 Å². The van der Waals surface area contributed by atoms with E-state index >= 15 is 0 Å². The Morgan fingerprint density at radius 3 is 2.78 bits per heavy atom. The number of pyridine rings is 1. The van der Waals surface area contributed by atoms with Gasteiger partial charge in [-0.25, -0.2) is 0 Å². The van der Waals surface area contributed by atoms with Gasteiger partial charge in [0.2, 0.25) is 0 Å². The van der Waals surface area contributed by atoms with E-state index in [0.717, 1.165) is 39.0 Å². The van der Waals surface area contributed by atoms with Crippen molar-refractivity contribution in [2.24, 2.45) is 0 Å². The van der Waals surface area contributed by atoms with Crippen molar-refractivity contribution in [3.63, 3.8) is 0 Å². The number of halogens is 2. The summed E-state index contributed by atoms with van der Waals surface area (Å²) >= 11 is 1.93. The van der Waals surface area contributed by atoms with Crippen molar-refractivity contribution in [1.82, 2.24) is 10.3 Å². The van der Waals surface area contributed by atoms with E-state index in [-0.39, 0.29) is 30.4 Å². The van der Waals surface area contributed by atoms with E-state index in [4.69, 9.17) is 4.74 Å². The highest BCUT2D eigenvalue weighted by molar-refractivity contribution is 7.15. The quantitative estimate of drug-likeness (QED) is 0.817. The number of rotatable bonds is 1. The predicted octanol–water partition coefficient (Wildman–Crippen LogP) is 4.11. The van der Waals surface area contributed by atoms with Crippen molar-refractivity contribution >= 4 is 36.2 Å². The molecule has 23 heavy (non-hydrogen) atoms. The average Bonchev–Trinajstić information content (AvgIpc) is 2.94. The van der Waals surface area contributed by atoms with Gasteiger partial charge >= 0.3 is 0 Å². The van der Waals surface area contributed by atoms with E-state index in [9.17, 15) is 0 Å². The fourth-order valence-electron chi connectivity index (χ4n) is 3.51. The normalized spacial score (nSPS) is 18.7. The summed E-state index contributed by atoms with van der Waals surface area (Å²) < 4.78 is 6.27. The summed E-state index contributed by atoms with van der Waals surface area (Å²) in [6.07, 6.45) is 7.07. The Kier molecular flexibility index (Phi) is 6.09. The van der Waals surface area contributed by atoms with Crippen LogP contribution in [0.3, 0.4) is 0 Å². The Labute approximate surface area is 153 Å². The smallest absolute Gasteiger partial charge is 0.105 e. The van der Waals surface area contributed by atoms with Crippen LogP contribution in [0.15, 0.2) is 24.5 Å². The second-order valence-electron chi connectivity index (χ2n) is 6.00. The lowest BCUT2D eigenvalue weighted by molar-refractivity contribution is -0.0771. The van der Waals surface area contributed by atoms with Crippen LogP contribution in [-0.4, -0.2) is 24.7 Å². The summed E-state index contributed by atoms with van der Waals surface area (Å²) in [5.41, 5.74) is 4.03. The van der Waals surface area contributed by atoms with E-state index in [2.05, 4.69) is 29.4 Å². The number of hydrogen-bond donors (Lipinski definition) is 1. The van der Waals surface area contributed by atoms with Gasteiger partial charge in [-0.3, -0.25) is 4.98 Å². The van der Waals surface area contributed by atoms with Crippen LogP contribution >= 0.6 is 36.2 Å². The van der Waals surface area contributed by atoms with E-state index in [1.807, 2.05) is 23.7 Å². The molecule has 4 heterocycles. The number of piperidine rings is 1. The molecule has 6 heteroatoms. The molecule has 0 radical (unpaired) electrons. The molecular weight excluding hydrogens is 351 g/mol. The summed E-state index contributed by atoms with van der Waals surface area (Å²) in [6.45, 7) is 5.11. The van der Waals surface area contributed by atoms with Crippen LogP contribution in [0.1, 0.15) is 28.8 Å². The molecule has 1 N–H and O–H groups in total. The topological polar surface area (TPSA) is 34.2 Å². The van der Waals surface area contributed by atoms with Crippen LogP contribution in [0.5, 0.6) is 0 Å². The third-order valence-electron chi connectivity index (χ3n) is 4.67. The summed E-state index contributed by atoms with van der Waals surface area (Å²) in [4.78, 5) is 7.05. The van der Waals surface area contributed by atoms with Gasteiger partial charge < -0.3 is 10.1 Å². The van der Waals surface area contributed by atoms with Crippen LogP contribution in [0, 0.1) is 6.92 Å². The maximum atomic E-state index is 6.27. The molecule has 4 rings (SSSR count). The minimum absolute atomic E-state index is 0. The second-order valence-corrected chi connectivity index (χ2v) is 7.05. The lowest BCUT2D eigenvalue weighted by atomic mass is 9.86. The standard InChI is InChI=1S/C17H20N2OS.2ClH/c1-12-11-19-6-2-14(12)15-10-13-3-9-20-17(16(13)21-15)4-7-18-8-5-17;;/h2,6,10-11,18H,3-5,7-9H2,1H3;2*1H. The number of nitrogens with one attached hydrogen (secondary N) is 1. The predicted molar refractivity (Wildman–Crippen MR) is 100 cm³/mol. The Bertz CT molecular complexity index is 668. The largest absolute Gasteiger partial charge is 0.369 e. The minimum atomic E-state index is -0.0251. The van der Waals surface area contributed by atoms with Gasteiger partial charge in [-0.05, 0) is 68.1 Å². The number of aryl methyl sites for hydroxylation is 1. The van der Waals surface area contributed by atoms with Gasteiger partial charge in [-0.15, -0.1) is 36.2 Å². The Morgan fingerprint density at radius 1 is 1.26 bits per heavy atom. The van der Waals surface area contributed by atoms with Gasteiger partial charge in [0.05, 0.1) is 6.61 Å². The zero-order valence-corrected chi connectivity index (χ0v) is 15.6. The Balaban J connectivity index is 0.000000960. The van der Waals surface area contributed by atoms with Gasteiger partial charge in [0.1, 0.15) is 5.60 Å². The molecule has 1 spiro atoms. The Hall–Kier alpha value is -0.650. The molecule has 0 aliphatic carbocycles. The van der Waals surface area contributed by atoms with E-state index < -0.39 is 0 Å². The first-order valence-electron chi connectivity index (χ1n) is 7.67. The molecule has 1 saturated heterocycles. The fourth-order valence-corrected chi connectivity index (χ4v) is 5.01.